The minimum atomic E-state index is -3.66. The third-order valence-electron chi connectivity index (χ3n) is 2.40. The van der Waals surface area contributed by atoms with Gasteiger partial charge in [0.25, 0.3) is 10.0 Å². The van der Waals surface area contributed by atoms with Crippen LogP contribution < -0.4 is 10.5 Å². The Morgan fingerprint density at radius 2 is 2.11 bits per heavy atom. The van der Waals surface area contributed by atoms with Crippen molar-refractivity contribution >= 4 is 32.3 Å². The summed E-state index contributed by atoms with van der Waals surface area (Å²) in [5.41, 5.74) is 6.28. The van der Waals surface area contributed by atoms with Crippen LogP contribution in [0.15, 0.2) is 28.6 Å². The molecule has 0 aliphatic carbocycles. The van der Waals surface area contributed by atoms with Gasteiger partial charge < -0.3 is 5.73 Å². The van der Waals surface area contributed by atoms with Gasteiger partial charge in [0.2, 0.25) is 0 Å². The van der Waals surface area contributed by atoms with Gasteiger partial charge in [-0.25, -0.2) is 18.4 Å². The highest BCUT2D eigenvalue weighted by atomic mass is 32.2. The Bertz CT molecular complexity index is 662. The first-order valence-electron chi connectivity index (χ1n) is 5.58. The Kier molecular flexibility index (Phi) is 3.72. The number of anilines is 2. The van der Waals surface area contributed by atoms with E-state index < -0.39 is 10.0 Å². The van der Waals surface area contributed by atoms with Crippen LogP contribution in [-0.4, -0.2) is 18.4 Å². The second-order valence-corrected chi connectivity index (χ2v) is 6.80. The third-order valence-corrected chi connectivity index (χ3v) is 4.63. The zero-order valence-corrected chi connectivity index (χ0v) is 12.1. The van der Waals surface area contributed by atoms with Gasteiger partial charge in [-0.15, -0.1) is 11.3 Å². The van der Waals surface area contributed by atoms with Crippen molar-refractivity contribution in [3.8, 4) is 0 Å². The number of aromatic nitrogens is 2. The summed E-state index contributed by atoms with van der Waals surface area (Å²) in [6.07, 6.45) is 1.22. The summed E-state index contributed by atoms with van der Waals surface area (Å²) in [6.45, 7) is 3.99. The summed E-state index contributed by atoms with van der Waals surface area (Å²) in [6, 6.07) is 2.84. The molecule has 0 aromatic carbocycles. The standard InChI is InChI=1S/C11H14N4O2S2/c1-7(2)9-6-18-11(14-9)15-19(16,17)8-3-4-10(12)13-5-8/h3-7H,1-2H3,(H2,12,13)(H,14,15). The van der Waals surface area contributed by atoms with Crippen LogP contribution in [0, 0.1) is 0 Å². The van der Waals surface area contributed by atoms with E-state index in [-0.39, 0.29) is 16.6 Å². The molecule has 0 unspecified atom stereocenters. The molecule has 8 heteroatoms. The number of rotatable bonds is 4. The van der Waals surface area contributed by atoms with Crippen LogP contribution in [0.4, 0.5) is 10.9 Å². The number of nitrogens with two attached hydrogens (primary N) is 1. The molecule has 0 spiro atoms. The lowest BCUT2D eigenvalue weighted by molar-refractivity contribution is 0.601. The van der Waals surface area contributed by atoms with Crippen LogP contribution >= 0.6 is 11.3 Å². The fourth-order valence-corrected chi connectivity index (χ4v) is 3.39. The number of pyridine rings is 1. The Balaban J connectivity index is 2.23. The van der Waals surface area contributed by atoms with Crippen LogP contribution in [0.1, 0.15) is 25.5 Å². The van der Waals surface area contributed by atoms with Crippen molar-refractivity contribution in [2.75, 3.05) is 10.5 Å². The van der Waals surface area contributed by atoms with Gasteiger partial charge in [0, 0.05) is 11.6 Å². The first-order chi connectivity index (χ1) is 8.88. The molecule has 2 heterocycles. The van der Waals surface area contributed by atoms with Gasteiger partial charge in [-0.3, -0.25) is 4.72 Å². The summed E-state index contributed by atoms with van der Waals surface area (Å²) in [4.78, 5) is 8.04. The Morgan fingerprint density at radius 1 is 1.37 bits per heavy atom. The van der Waals surface area contributed by atoms with Gasteiger partial charge in [-0.2, -0.15) is 0 Å². The van der Waals surface area contributed by atoms with Crippen molar-refractivity contribution in [1.29, 1.82) is 0 Å². The molecule has 102 valence electrons. The second-order valence-electron chi connectivity index (χ2n) is 4.26. The van der Waals surface area contributed by atoms with Gasteiger partial charge in [0.1, 0.15) is 10.7 Å². The quantitative estimate of drug-likeness (QED) is 0.900. The van der Waals surface area contributed by atoms with E-state index in [0.717, 1.165) is 5.69 Å². The zero-order chi connectivity index (χ0) is 14.0. The predicted molar refractivity (Wildman–Crippen MR) is 75.7 cm³/mol. The number of sulfonamides is 1. The average Bonchev–Trinajstić information content (AvgIpc) is 2.77. The molecule has 2 aromatic heterocycles. The molecule has 0 radical (unpaired) electrons. The number of hydrogen-bond acceptors (Lipinski definition) is 6. The number of nitrogen functional groups attached to an aromatic ring is 1. The number of hydrogen-bond donors (Lipinski definition) is 2. The molecule has 0 saturated heterocycles. The maximum Gasteiger partial charge on any atom is 0.265 e. The van der Waals surface area contributed by atoms with Crippen molar-refractivity contribution < 1.29 is 8.42 Å². The molecular formula is C11H14N4O2S2. The fourth-order valence-electron chi connectivity index (χ4n) is 1.32. The lowest BCUT2D eigenvalue weighted by Gasteiger charge is -2.04. The normalized spacial score (nSPS) is 11.7. The van der Waals surface area contributed by atoms with E-state index in [2.05, 4.69) is 14.7 Å². The highest BCUT2D eigenvalue weighted by Gasteiger charge is 2.17. The SMILES string of the molecule is CC(C)c1csc(NS(=O)(=O)c2ccc(N)nc2)n1. The first-order valence-corrected chi connectivity index (χ1v) is 7.94. The summed E-state index contributed by atoms with van der Waals surface area (Å²) in [5, 5.41) is 2.18. The molecular weight excluding hydrogens is 284 g/mol. The molecule has 2 rings (SSSR count). The van der Waals surface area contributed by atoms with Crippen molar-refractivity contribution in [2.45, 2.75) is 24.7 Å². The van der Waals surface area contributed by atoms with E-state index in [1.807, 2.05) is 19.2 Å². The van der Waals surface area contributed by atoms with Crippen molar-refractivity contribution in [2.24, 2.45) is 0 Å². The van der Waals surface area contributed by atoms with Gasteiger partial charge in [0.15, 0.2) is 5.13 Å². The monoisotopic (exact) mass is 298 g/mol. The molecule has 0 fully saturated rings. The number of nitrogens with zero attached hydrogens (tertiary/aromatic N) is 2. The molecule has 0 saturated carbocycles. The molecule has 6 nitrogen and oxygen atoms in total. The van der Waals surface area contributed by atoms with Crippen molar-refractivity contribution in [3.05, 3.63) is 29.4 Å². The minimum Gasteiger partial charge on any atom is -0.384 e. The van der Waals surface area contributed by atoms with Gasteiger partial charge in [-0.05, 0) is 18.1 Å². The van der Waals surface area contributed by atoms with Crippen LogP contribution in [0.25, 0.3) is 0 Å². The smallest absolute Gasteiger partial charge is 0.265 e. The van der Waals surface area contributed by atoms with E-state index >= 15 is 0 Å². The fraction of sp³-hybridized carbons (Fsp3) is 0.273. The lowest BCUT2D eigenvalue weighted by Crippen LogP contribution is -2.13. The van der Waals surface area contributed by atoms with Gasteiger partial charge in [-0.1, -0.05) is 13.8 Å². The van der Waals surface area contributed by atoms with Crippen molar-refractivity contribution in [1.82, 2.24) is 9.97 Å². The van der Waals surface area contributed by atoms with Crippen LogP contribution in [0.2, 0.25) is 0 Å². The summed E-state index contributed by atoms with van der Waals surface area (Å²) in [5.74, 6) is 0.531. The van der Waals surface area contributed by atoms with Gasteiger partial charge in [0.05, 0.1) is 5.69 Å². The molecule has 3 N–H and O–H groups in total. The van der Waals surface area contributed by atoms with Crippen LogP contribution in [-0.2, 0) is 10.0 Å². The molecule has 0 aliphatic rings. The van der Waals surface area contributed by atoms with Crippen molar-refractivity contribution in [3.63, 3.8) is 0 Å². The summed E-state index contributed by atoms with van der Waals surface area (Å²) >= 11 is 1.26. The maximum atomic E-state index is 12.1. The first kappa shape index (κ1) is 13.8. The molecule has 0 atom stereocenters. The summed E-state index contributed by atoms with van der Waals surface area (Å²) in [7, 11) is -3.66. The Labute approximate surface area is 115 Å². The summed E-state index contributed by atoms with van der Waals surface area (Å²) < 4.78 is 26.6. The number of thiazole rings is 1. The molecule has 0 aliphatic heterocycles. The van der Waals surface area contributed by atoms with Crippen LogP contribution in [0.3, 0.4) is 0 Å². The molecule has 0 bridgehead atoms. The number of nitrogens with one attached hydrogen (secondary N) is 1. The predicted octanol–water partition coefficient (Wildman–Crippen LogP) is 2.04. The minimum absolute atomic E-state index is 0.0583. The van der Waals surface area contributed by atoms with Crippen LogP contribution in [0.5, 0.6) is 0 Å². The Hall–Kier alpha value is -1.67. The van der Waals surface area contributed by atoms with E-state index in [1.54, 1.807) is 0 Å². The van der Waals surface area contributed by atoms with E-state index in [4.69, 9.17) is 5.73 Å². The molecule has 0 amide bonds. The Morgan fingerprint density at radius 3 is 2.63 bits per heavy atom. The largest absolute Gasteiger partial charge is 0.384 e. The highest BCUT2D eigenvalue weighted by Crippen LogP contribution is 2.23. The average molecular weight is 298 g/mol. The lowest BCUT2D eigenvalue weighted by atomic mass is 10.2. The highest BCUT2D eigenvalue weighted by molar-refractivity contribution is 7.93. The van der Waals surface area contributed by atoms with E-state index in [1.165, 1.54) is 29.7 Å². The molecule has 2 aromatic rings. The maximum absolute atomic E-state index is 12.1. The second kappa shape index (κ2) is 5.14. The topological polar surface area (TPSA) is 98.0 Å². The third kappa shape index (κ3) is 3.21. The molecule has 19 heavy (non-hydrogen) atoms. The van der Waals surface area contributed by atoms with E-state index in [0.29, 0.717) is 5.13 Å². The van der Waals surface area contributed by atoms with Gasteiger partial charge >= 0.3 is 0 Å². The van der Waals surface area contributed by atoms with E-state index in [9.17, 15) is 8.42 Å². The zero-order valence-electron chi connectivity index (χ0n) is 10.5.